The maximum Gasteiger partial charge on any atom is 0.307 e. The Hall–Kier alpha value is -1.55. The van der Waals surface area contributed by atoms with Crippen molar-refractivity contribution in [1.82, 2.24) is 4.90 Å². The van der Waals surface area contributed by atoms with Crippen LogP contribution < -0.4 is 4.74 Å². The van der Waals surface area contributed by atoms with Crippen molar-refractivity contribution in [2.75, 3.05) is 26.7 Å². The molecule has 1 unspecified atom stereocenters. The van der Waals surface area contributed by atoms with Gasteiger partial charge in [0.15, 0.2) is 0 Å². The number of rotatable bonds is 8. The molecule has 1 aromatic rings. The van der Waals surface area contributed by atoms with Crippen LogP contribution >= 0.6 is 0 Å². The van der Waals surface area contributed by atoms with Gasteiger partial charge in [0.2, 0.25) is 0 Å². The SMILES string of the molecule is CC(CN(C)CCCOc1cccc(C(C)(C)C)c1)C(=O)O. The van der Waals surface area contributed by atoms with Crippen LogP contribution in [0.4, 0.5) is 0 Å². The first-order valence-electron chi connectivity index (χ1n) is 7.85. The summed E-state index contributed by atoms with van der Waals surface area (Å²) in [6, 6.07) is 8.21. The zero-order chi connectivity index (χ0) is 16.8. The molecule has 4 heteroatoms. The van der Waals surface area contributed by atoms with Crippen molar-refractivity contribution in [2.45, 2.75) is 39.5 Å². The highest BCUT2D eigenvalue weighted by Gasteiger charge is 2.14. The molecule has 0 aliphatic carbocycles. The first-order chi connectivity index (χ1) is 10.2. The van der Waals surface area contributed by atoms with E-state index in [9.17, 15) is 4.79 Å². The van der Waals surface area contributed by atoms with Crippen LogP contribution in [0.2, 0.25) is 0 Å². The maximum absolute atomic E-state index is 10.8. The van der Waals surface area contributed by atoms with Gasteiger partial charge in [-0.3, -0.25) is 4.79 Å². The standard InChI is InChI=1S/C18H29NO3/c1-14(17(20)21)13-19(5)10-7-11-22-16-9-6-8-15(12-16)18(2,3)4/h6,8-9,12,14H,7,10-11,13H2,1-5H3,(H,20,21). The molecule has 0 saturated carbocycles. The van der Waals surface area contributed by atoms with E-state index in [4.69, 9.17) is 9.84 Å². The Labute approximate surface area is 134 Å². The fourth-order valence-electron chi connectivity index (χ4n) is 2.21. The Morgan fingerprint density at radius 2 is 2.05 bits per heavy atom. The van der Waals surface area contributed by atoms with Crippen molar-refractivity contribution >= 4 is 5.97 Å². The smallest absolute Gasteiger partial charge is 0.307 e. The molecule has 0 aliphatic rings. The number of aliphatic carboxylic acids is 1. The van der Waals surface area contributed by atoms with Crippen LogP contribution in [0.5, 0.6) is 5.75 Å². The van der Waals surface area contributed by atoms with E-state index in [2.05, 4.69) is 32.9 Å². The number of nitrogens with zero attached hydrogens (tertiary/aromatic N) is 1. The summed E-state index contributed by atoms with van der Waals surface area (Å²) in [6.07, 6.45) is 0.878. The summed E-state index contributed by atoms with van der Waals surface area (Å²) in [5.41, 5.74) is 1.38. The van der Waals surface area contributed by atoms with E-state index < -0.39 is 5.97 Å². The molecule has 4 nitrogen and oxygen atoms in total. The first-order valence-corrected chi connectivity index (χ1v) is 7.85. The number of hydrogen-bond acceptors (Lipinski definition) is 3. The van der Waals surface area contributed by atoms with Gasteiger partial charge >= 0.3 is 5.97 Å². The zero-order valence-electron chi connectivity index (χ0n) is 14.4. The van der Waals surface area contributed by atoms with Gasteiger partial charge in [0.25, 0.3) is 0 Å². The summed E-state index contributed by atoms with van der Waals surface area (Å²) in [4.78, 5) is 12.8. The second-order valence-electron chi connectivity index (χ2n) is 6.98. The van der Waals surface area contributed by atoms with E-state index in [1.54, 1.807) is 6.92 Å². The number of carboxylic acid groups (broad SMARTS) is 1. The topological polar surface area (TPSA) is 49.8 Å². The van der Waals surface area contributed by atoms with Gasteiger partial charge in [0.1, 0.15) is 5.75 Å². The lowest BCUT2D eigenvalue weighted by Crippen LogP contribution is -2.30. The average molecular weight is 307 g/mol. The van der Waals surface area contributed by atoms with Gasteiger partial charge in [0.05, 0.1) is 12.5 Å². The molecule has 0 aromatic heterocycles. The third-order valence-electron chi connectivity index (χ3n) is 3.66. The van der Waals surface area contributed by atoms with Gasteiger partial charge in [-0.05, 0) is 36.6 Å². The van der Waals surface area contributed by atoms with Crippen LogP contribution in [-0.2, 0) is 10.2 Å². The monoisotopic (exact) mass is 307 g/mol. The highest BCUT2D eigenvalue weighted by Crippen LogP contribution is 2.25. The van der Waals surface area contributed by atoms with Crippen LogP contribution in [0.1, 0.15) is 39.7 Å². The van der Waals surface area contributed by atoms with Crippen LogP contribution in [0.25, 0.3) is 0 Å². The van der Waals surface area contributed by atoms with Crippen molar-refractivity contribution in [3.63, 3.8) is 0 Å². The van der Waals surface area contributed by atoms with Crippen molar-refractivity contribution in [2.24, 2.45) is 5.92 Å². The molecule has 1 rings (SSSR count). The molecule has 124 valence electrons. The van der Waals surface area contributed by atoms with E-state index >= 15 is 0 Å². The molecule has 1 N–H and O–H groups in total. The largest absolute Gasteiger partial charge is 0.494 e. The number of carboxylic acids is 1. The van der Waals surface area contributed by atoms with Gasteiger partial charge in [-0.2, -0.15) is 0 Å². The number of ether oxygens (including phenoxy) is 1. The quantitative estimate of drug-likeness (QED) is 0.748. The normalized spacial score (nSPS) is 13.2. The van der Waals surface area contributed by atoms with Crippen molar-refractivity contribution in [3.8, 4) is 5.75 Å². The Morgan fingerprint density at radius 1 is 1.36 bits per heavy atom. The lowest BCUT2D eigenvalue weighted by molar-refractivity contribution is -0.141. The molecule has 0 fully saturated rings. The zero-order valence-corrected chi connectivity index (χ0v) is 14.4. The highest BCUT2D eigenvalue weighted by molar-refractivity contribution is 5.69. The second-order valence-corrected chi connectivity index (χ2v) is 6.98. The highest BCUT2D eigenvalue weighted by atomic mass is 16.5. The van der Waals surface area contributed by atoms with Crippen LogP contribution in [-0.4, -0.2) is 42.7 Å². The maximum atomic E-state index is 10.8. The minimum atomic E-state index is -0.748. The number of benzene rings is 1. The van der Waals surface area contributed by atoms with E-state index in [1.165, 1.54) is 5.56 Å². The molecule has 0 radical (unpaired) electrons. The van der Waals surface area contributed by atoms with Gasteiger partial charge in [0, 0.05) is 13.1 Å². The van der Waals surface area contributed by atoms with E-state index in [1.807, 2.05) is 24.1 Å². The van der Waals surface area contributed by atoms with Crippen LogP contribution in [0.3, 0.4) is 0 Å². The lowest BCUT2D eigenvalue weighted by atomic mass is 9.87. The third-order valence-corrected chi connectivity index (χ3v) is 3.66. The molecule has 0 bridgehead atoms. The minimum absolute atomic E-state index is 0.118. The van der Waals surface area contributed by atoms with Crippen molar-refractivity contribution < 1.29 is 14.6 Å². The summed E-state index contributed by atoms with van der Waals surface area (Å²) in [7, 11) is 1.94. The molecular weight excluding hydrogens is 278 g/mol. The summed E-state index contributed by atoms with van der Waals surface area (Å²) in [6.45, 7) is 10.3. The summed E-state index contributed by atoms with van der Waals surface area (Å²) < 4.78 is 5.80. The molecule has 1 aromatic carbocycles. The van der Waals surface area contributed by atoms with Crippen molar-refractivity contribution in [1.29, 1.82) is 0 Å². The molecular formula is C18H29NO3. The lowest BCUT2D eigenvalue weighted by Gasteiger charge is -2.20. The number of carbonyl (C=O) groups is 1. The molecule has 0 saturated heterocycles. The average Bonchev–Trinajstić information content (AvgIpc) is 2.43. The molecule has 0 heterocycles. The molecule has 0 aliphatic heterocycles. The first kappa shape index (κ1) is 18.5. The Morgan fingerprint density at radius 3 is 2.64 bits per heavy atom. The van der Waals surface area contributed by atoms with Gasteiger partial charge in [-0.1, -0.05) is 39.8 Å². The Bertz CT molecular complexity index is 479. The Kier molecular flexibility index (Phi) is 6.88. The van der Waals surface area contributed by atoms with Crippen LogP contribution in [0, 0.1) is 5.92 Å². The van der Waals surface area contributed by atoms with E-state index in [-0.39, 0.29) is 11.3 Å². The summed E-state index contributed by atoms with van der Waals surface area (Å²) in [5, 5.41) is 8.89. The summed E-state index contributed by atoms with van der Waals surface area (Å²) in [5.74, 6) is -0.189. The van der Waals surface area contributed by atoms with Crippen molar-refractivity contribution in [3.05, 3.63) is 29.8 Å². The van der Waals surface area contributed by atoms with E-state index in [0.717, 1.165) is 18.7 Å². The van der Waals surface area contributed by atoms with E-state index in [0.29, 0.717) is 13.2 Å². The molecule has 1 atom stereocenters. The predicted molar refractivity (Wildman–Crippen MR) is 89.6 cm³/mol. The fourth-order valence-corrected chi connectivity index (χ4v) is 2.21. The fraction of sp³-hybridized carbons (Fsp3) is 0.611. The third kappa shape index (κ3) is 6.48. The minimum Gasteiger partial charge on any atom is -0.494 e. The summed E-state index contributed by atoms with van der Waals surface area (Å²) >= 11 is 0. The molecule has 0 spiro atoms. The second kappa shape index (κ2) is 8.18. The number of hydrogen-bond donors (Lipinski definition) is 1. The Balaban J connectivity index is 2.34. The molecule has 22 heavy (non-hydrogen) atoms. The van der Waals surface area contributed by atoms with Gasteiger partial charge in [-0.15, -0.1) is 0 Å². The van der Waals surface area contributed by atoms with Gasteiger partial charge < -0.3 is 14.7 Å². The van der Waals surface area contributed by atoms with Crippen LogP contribution in [0.15, 0.2) is 24.3 Å². The predicted octanol–water partition coefficient (Wildman–Crippen LogP) is 3.41. The molecule has 0 amide bonds. The van der Waals surface area contributed by atoms with Gasteiger partial charge in [-0.25, -0.2) is 0 Å².